The molecule has 1 rings (SSSR count). The Hall–Kier alpha value is 0.0200. The fourth-order valence-electron chi connectivity index (χ4n) is 1.16. The second-order valence-corrected chi connectivity index (χ2v) is 4.14. The highest BCUT2D eigenvalue weighted by Gasteiger charge is 2.10. The van der Waals surface area contributed by atoms with E-state index in [1.807, 2.05) is 0 Å². The van der Waals surface area contributed by atoms with Gasteiger partial charge in [0.05, 0.1) is 0 Å². The van der Waals surface area contributed by atoms with Crippen molar-refractivity contribution in [3.63, 3.8) is 0 Å². The number of hydrogen-bond acceptors (Lipinski definition) is 0. The average Bonchev–Trinajstić information content (AvgIpc) is 2.19. The summed E-state index contributed by atoms with van der Waals surface area (Å²) in [4.78, 5) is 0. The van der Waals surface area contributed by atoms with Gasteiger partial charge in [-0.15, -0.1) is 23.2 Å². The molecule has 0 amide bonds. The molecule has 0 saturated heterocycles. The lowest BCUT2D eigenvalue weighted by Crippen LogP contribution is -2.08. The molecule has 0 nitrogen and oxygen atoms in total. The Morgan fingerprint density at radius 2 is 1.86 bits per heavy atom. The van der Waals surface area contributed by atoms with E-state index in [-0.39, 0.29) is 11.7 Å². The second-order valence-electron chi connectivity index (χ2n) is 3.11. The van der Waals surface area contributed by atoms with Crippen molar-refractivity contribution in [3.05, 3.63) is 34.6 Å². The van der Waals surface area contributed by atoms with Crippen molar-refractivity contribution in [2.24, 2.45) is 5.92 Å². The van der Waals surface area contributed by atoms with Crippen molar-refractivity contribution in [1.82, 2.24) is 0 Å². The van der Waals surface area contributed by atoms with Crippen molar-refractivity contribution in [3.8, 4) is 0 Å². The van der Waals surface area contributed by atoms with Crippen LogP contribution < -0.4 is 0 Å². The molecule has 0 aliphatic heterocycles. The zero-order chi connectivity index (χ0) is 10.6. The maximum absolute atomic E-state index is 12.9. The standard InChI is InChI=1S/C10H10Cl3F/c11-5-7(6-12)3-8-4-9(14)1-2-10(8)13/h1-2,4,7H,3,5-6H2. The monoisotopic (exact) mass is 254 g/mol. The molecule has 0 aromatic heterocycles. The van der Waals surface area contributed by atoms with E-state index < -0.39 is 0 Å². The molecule has 14 heavy (non-hydrogen) atoms. The predicted octanol–water partition coefficient (Wildman–Crippen LogP) is 4.12. The molecule has 0 fully saturated rings. The maximum atomic E-state index is 12.9. The average molecular weight is 256 g/mol. The van der Waals surface area contributed by atoms with E-state index in [1.165, 1.54) is 12.1 Å². The molecule has 0 spiro atoms. The van der Waals surface area contributed by atoms with Gasteiger partial charge < -0.3 is 0 Å². The molecule has 0 bridgehead atoms. The Kier molecular flexibility index (Phi) is 5.00. The van der Waals surface area contributed by atoms with Crippen LogP contribution in [0.4, 0.5) is 4.39 Å². The lowest BCUT2D eigenvalue weighted by Gasteiger charge is -2.11. The number of hydrogen-bond donors (Lipinski definition) is 0. The van der Waals surface area contributed by atoms with Crippen LogP contribution in [0.25, 0.3) is 0 Å². The molecule has 0 N–H and O–H groups in total. The number of alkyl halides is 2. The molecule has 1 aromatic rings. The van der Waals surface area contributed by atoms with Crippen molar-refractivity contribution in [2.75, 3.05) is 11.8 Å². The van der Waals surface area contributed by atoms with Crippen LogP contribution >= 0.6 is 34.8 Å². The summed E-state index contributed by atoms with van der Waals surface area (Å²) in [5, 5.41) is 0.562. The first-order valence-corrected chi connectivity index (χ1v) is 5.68. The van der Waals surface area contributed by atoms with Gasteiger partial charge >= 0.3 is 0 Å². The van der Waals surface area contributed by atoms with Gasteiger partial charge in [-0.05, 0) is 36.1 Å². The third-order valence-electron chi connectivity index (χ3n) is 1.95. The summed E-state index contributed by atoms with van der Waals surface area (Å²) < 4.78 is 12.9. The summed E-state index contributed by atoms with van der Waals surface area (Å²) >= 11 is 17.3. The van der Waals surface area contributed by atoms with Gasteiger partial charge in [-0.25, -0.2) is 4.39 Å². The summed E-state index contributed by atoms with van der Waals surface area (Å²) in [5.41, 5.74) is 0.762. The minimum absolute atomic E-state index is 0.137. The molecule has 0 saturated carbocycles. The van der Waals surface area contributed by atoms with Gasteiger partial charge in [0.1, 0.15) is 5.82 Å². The summed E-state index contributed by atoms with van der Waals surface area (Å²) in [6, 6.07) is 4.31. The molecule has 1 aromatic carbocycles. The predicted molar refractivity (Wildman–Crippen MR) is 60.0 cm³/mol. The SMILES string of the molecule is Fc1ccc(Cl)c(CC(CCl)CCl)c1. The lowest BCUT2D eigenvalue weighted by atomic mass is 10.0. The molecule has 78 valence electrons. The van der Waals surface area contributed by atoms with E-state index in [0.717, 1.165) is 5.56 Å². The van der Waals surface area contributed by atoms with E-state index >= 15 is 0 Å². The van der Waals surface area contributed by atoms with Crippen LogP contribution in [0.2, 0.25) is 5.02 Å². The molecule has 0 radical (unpaired) electrons. The van der Waals surface area contributed by atoms with Crippen molar-refractivity contribution < 1.29 is 4.39 Å². The first-order valence-electron chi connectivity index (χ1n) is 4.23. The number of halogens is 4. The molecule has 0 aliphatic carbocycles. The quantitative estimate of drug-likeness (QED) is 0.710. The van der Waals surface area contributed by atoms with Crippen LogP contribution in [0.3, 0.4) is 0 Å². The third kappa shape index (κ3) is 3.30. The largest absolute Gasteiger partial charge is 0.207 e. The van der Waals surface area contributed by atoms with Crippen LogP contribution in [-0.2, 0) is 6.42 Å². The second kappa shape index (κ2) is 5.79. The Labute approximate surface area is 98.0 Å². The summed E-state index contributed by atoms with van der Waals surface area (Å²) in [6.45, 7) is 0. The Balaban J connectivity index is 2.79. The number of rotatable bonds is 4. The zero-order valence-electron chi connectivity index (χ0n) is 7.44. The van der Waals surface area contributed by atoms with Crippen LogP contribution in [0.15, 0.2) is 18.2 Å². The number of benzene rings is 1. The summed E-state index contributed by atoms with van der Waals surface area (Å²) in [5.74, 6) is 0.761. The highest BCUT2D eigenvalue weighted by molar-refractivity contribution is 6.31. The molecule has 0 atom stereocenters. The first-order chi connectivity index (χ1) is 6.67. The van der Waals surface area contributed by atoms with Crippen LogP contribution in [0.5, 0.6) is 0 Å². The molecule has 0 unspecified atom stereocenters. The van der Waals surface area contributed by atoms with Gasteiger partial charge in [-0.2, -0.15) is 0 Å². The highest BCUT2D eigenvalue weighted by atomic mass is 35.5. The van der Waals surface area contributed by atoms with Gasteiger partial charge in [-0.1, -0.05) is 11.6 Å². The van der Waals surface area contributed by atoms with E-state index in [9.17, 15) is 4.39 Å². The summed E-state index contributed by atoms with van der Waals surface area (Å²) in [7, 11) is 0. The minimum Gasteiger partial charge on any atom is -0.207 e. The van der Waals surface area contributed by atoms with Crippen LogP contribution in [0.1, 0.15) is 5.56 Å². The first kappa shape index (κ1) is 12.1. The van der Waals surface area contributed by atoms with Crippen molar-refractivity contribution in [2.45, 2.75) is 6.42 Å². The minimum atomic E-state index is -0.285. The van der Waals surface area contributed by atoms with Gasteiger partial charge in [0, 0.05) is 16.8 Å². The van der Waals surface area contributed by atoms with E-state index in [4.69, 9.17) is 34.8 Å². The van der Waals surface area contributed by atoms with Gasteiger partial charge in [0.25, 0.3) is 0 Å². The van der Waals surface area contributed by atoms with Gasteiger partial charge in [-0.3, -0.25) is 0 Å². The van der Waals surface area contributed by atoms with E-state index in [2.05, 4.69) is 0 Å². The smallest absolute Gasteiger partial charge is 0.123 e. The fraction of sp³-hybridized carbons (Fsp3) is 0.400. The zero-order valence-corrected chi connectivity index (χ0v) is 9.71. The highest BCUT2D eigenvalue weighted by Crippen LogP contribution is 2.21. The van der Waals surface area contributed by atoms with Crippen LogP contribution in [-0.4, -0.2) is 11.8 Å². The Morgan fingerprint density at radius 3 is 2.43 bits per heavy atom. The van der Waals surface area contributed by atoms with Gasteiger partial charge in [0.15, 0.2) is 0 Å². The Bertz CT molecular complexity index is 297. The molecular formula is C10H10Cl3F. The molecule has 0 heterocycles. The topological polar surface area (TPSA) is 0 Å². The summed E-state index contributed by atoms with van der Waals surface area (Å²) in [6.07, 6.45) is 0.615. The maximum Gasteiger partial charge on any atom is 0.123 e. The fourth-order valence-corrected chi connectivity index (χ4v) is 1.90. The van der Waals surface area contributed by atoms with E-state index in [1.54, 1.807) is 6.07 Å². The molecular weight excluding hydrogens is 245 g/mol. The van der Waals surface area contributed by atoms with Crippen LogP contribution in [0, 0.1) is 11.7 Å². The normalized spacial score (nSPS) is 10.9. The van der Waals surface area contributed by atoms with E-state index in [0.29, 0.717) is 23.2 Å². The van der Waals surface area contributed by atoms with Crippen molar-refractivity contribution in [1.29, 1.82) is 0 Å². The lowest BCUT2D eigenvalue weighted by molar-refractivity contribution is 0.616. The molecule has 4 heteroatoms. The third-order valence-corrected chi connectivity index (χ3v) is 3.19. The van der Waals surface area contributed by atoms with Crippen molar-refractivity contribution >= 4 is 34.8 Å². The van der Waals surface area contributed by atoms with Gasteiger partial charge in [0.2, 0.25) is 0 Å². The Morgan fingerprint density at radius 1 is 1.21 bits per heavy atom. The molecule has 0 aliphatic rings.